The summed E-state index contributed by atoms with van der Waals surface area (Å²) in [5.74, 6) is 8.01. The van der Waals surface area contributed by atoms with Crippen molar-refractivity contribution in [1.82, 2.24) is 15.5 Å². The minimum absolute atomic E-state index is 0. The smallest absolute Gasteiger partial charge is 0.857 e. The molecule has 127 heavy (non-hydrogen) atoms. The van der Waals surface area contributed by atoms with Crippen molar-refractivity contribution in [3.05, 3.63) is 314 Å². The van der Waals surface area contributed by atoms with Crippen molar-refractivity contribution >= 4 is 21.5 Å². The quantitative estimate of drug-likeness (QED) is 0.0802. The fraction of sp³-hybridized carbons (Fsp3) is 0.509. The number of aliphatic hydroxyl groups excluding tert-OH is 1. The van der Waals surface area contributed by atoms with Gasteiger partial charge in [-0.1, -0.05) is 316 Å². The molecule has 9 aromatic rings. The second-order valence-electron chi connectivity index (χ2n) is 42.1. The molecule has 4 saturated carbocycles. The summed E-state index contributed by atoms with van der Waals surface area (Å²) in [4.78, 5) is 19.6. The molecule has 4 fully saturated rings. The third kappa shape index (κ3) is 20.2. The second-order valence-corrected chi connectivity index (χ2v) is 43.5. The zero-order valence-electron chi connectivity index (χ0n) is 79.3. The number of fused-ring (bicyclic) bond motifs is 8. The van der Waals surface area contributed by atoms with Crippen LogP contribution < -0.4 is 34.7 Å². The van der Waals surface area contributed by atoms with Gasteiger partial charge >= 0.3 is 29.6 Å². The van der Waals surface area contributed by atoms with Crippen LogP contribution in [0, 0.1) is 87.6 Å². The van der Waals surface area contributed by atoms with E-state index in [9.17, 15) is 23.4 Å². The van der Waals surface area contributed by atoms with Gasteiger partial charge in [0.05, 0.1) is 42.2 Å². The number of hydrogen-bond acceptors (Lipinski definition) is 12. The van der Waals surface area contributed by atoms with Gasteiger partial charge in [-0.2, -0.15) is 15.5 Å². The monoisotopic (exact) mass is 1750 g/mol. The number of carbonyl (C=O) groups excluding carboxylic acids is 1. The number of allylic oxidation sites excluding steroid dienone is 6. The number of carbonyl (C=O) groups is 1. The summed E-state index contributed by atoms with van der Waals surface area (Å²) in [5, 5.41) is 42.3. The standard InChI is InChI=1S/C20H25NO2.C20H25NO.C20H23NO.C20H25NO.C20H23NO.C7H8O3S.CH3O.2CH4.Na.H2/c1-18(2)16-9-10-20(22,15-7-5-4-6-8-15)13-19(16,3)11-14-12-21-23-17(14)18;2*1-19(2)17-10-9-15(14-7-5-4-6-8-14)11-20(17,3)12-16-13-21-22-18(16)19;2*1-19(2)17-11-10-15(14-8-6-5-7-9-14)12-20(17,3)13-16(21-4)18(19)22;1-6-2-4-7(5-3-6)11(8,9)10;1-2;;;;/h4-8,12,16,22H,9-11,13H2,1-3H3;4-8,13,15,17H,9-12H2,1-3H3;4-8,11,13,17H,9-10,12H2,1-3H3;5-9,15,17,22H,10-13H2,1-3H3;5-9,13,15,17H,10-12H2,1-3H3;2-5H,1H3,(H,8,9,10);1H3;2*1H4;;1H/q;;;;;;-1;;;+1;/t16-,19+,20-;15?,17-,20-;17-,20-;15?,17-,20-;15-,17-,20-;;;;;;/m00000....../s1/i;;;;;;;;;;1+1D. The number of aryl methyl sites for hydroxylation is 1. The maximum absolute atomic E-state index is 12.5. The average Bonchev–Trinajstić information content (AvgIpc) is 1.70. The number of aromatic nitrogens is 3. The van der Waals surface area contributed by atoms with Crippen molar-refractivity contribution in [3.8, 4) is 0 Å². The third-order valence-corrected chi connectivity index (χ3v) is 32.6. The molecule has 0 aliphatic heterocycles. The van der Waals surface area contributed by atoms with Gasteiger partial charge in [0.15, 0.2) is 5.78 Å². The first-order valence-corrected chi connectivity index (χ1v) is 46.5. The topological polar surface area (TPSA) is 222 Å². The number of hydrogen-bond donors (Lipinski definition) is 3. The van der Waals surface area contributed by atoms with Crippen molar-refractivity contribution in [3.63, 3.8) is 0 Å². The van der Waals surface area contributed by atoms with Crippen LogP contribution in [0.2, 0.25) is 0 Å². The van der Waals surface area contributed by atoms with Gasteiger partial charge < -0.3 is 33.7 Å². The molecule has 17 heteroatoms. The van der Waals surface area contributed by atoms with E-state index < -0.39 is 21.1 Å². The zero-order chi connectivity index (χ0) is 91.4. The fourth-order valence-electron chi connectivity index (χ4n) is 26.5. The molecule has 0 spiro atoms. The minimum atomic E-state index is -4.02. The van der Waals surface area contributed by atoms with E-state index in [1.165, 1.54) is 88.8 Å². The van der Waals surface area contributed by atoms with Crippen molar-refractivity contribution in [2.45, 2.75) is 286 Å². The van der Waals surface area contributed by atoms with E-state index in [0.717, 1.165) is 119 Å². The first-order chi connectivity index (χ1) is 59.6. The number of aliphatic hydroxyl groups is 2. The van der Waals surface area contributed by atoms with Crippen molar-refractivity contribution in [1.29, 1.82) is 0 Å². The molecule has 0 bridgehead atoms. The van der Waals surface area contributed by atoms with E-state index in [4.69, 9.17) is 39.3 Å². The SMILES string of the molecule is C.C.CC1(C)c2oncc2C[C@]2(C)C=C(c3ccccc3)CC[C@@H]12.CC1(C)c2oncc2C[C@]2(C)CC(c3ccccc3)CC[C@@H]12.CC1(C)c2oncc2C[C@]2(C)C[C@](O)(c3ccccc3)CC[C@@H]12.C[O-].Cc1ccc(S(=O)(=O)O)cc1.[2H][2H].[C-]#[N+]C1=C(O)C(C)(C)[C@@H]2CCC(c3ccccc3)C[C@@]2(C)C1.[C-]#[N+]C1=C[C@]2(C)C[C@@H](c3ccccc3)CC[C@H]2C(C)(C)C1=O.[Na+]. The Morgan fingerprint density at radius 3 is 1.31 bits per heavy atom. The third-order valence-electron chi connectivity index (χ3n) is 31.8. The van der Waals surface area contributed by atoms with E-state index in [-0.39, 0.29) is 98.4 Å². The Kier molecular flexibility index (Phi) is 30.6. The van der Waals surface area contributed by atoms with Crippen molar-refractivity contribution in [2.24, 2.45) is 67.5 Å². The summed E-state index contributed by atoms with van der Waals surface area (Å²) in [6.07, 6.45) is 29.5. The fourth-order valence-corrected chi connectivity index (χ4v) is 27.0. The van der Waals surface area contributed by atoms with Gasteiger partial charge in [0.2, 0.25) is 11.4 Å². The summed E-state index contributed by atoms with van der Waals surface area (Å²) in [6.45, 7) is 50.6. The molecule has 0 radical (unpaired) electrons. The number of nitrogens with zero attached hydrogens (tertiary/aromatic N) is 5. The molecule has 14 atom stereocenters. The number of rotatable bonds is 6. The molecule has 674 valence electrons. The number of Topliss-reactive ketones (excluding diaryl/α,β-unsaturated/α-hetero) is 1. The first kappa shape index (κ1) is 99.0. The van der Waals surface area contributed by atoms with Crippen LogP contribution in [0.4, 0.5) is 0 Å². The van der Waals surface area contributed by atoms with Crippen molar-refractivity contribution in [2.75, 3.05) is 7.11 Å². The Balaban J connectivity index is 0.000000174. The Morgan fingerprint density at radius 1 is 0.465 bits per heavy atom. The van der Waals surface area contributed by atoms with Gasteiger partial charge in [-0.15, -0.1) is 0 Å². The van der Waals surface area contributed by atoms with Crippen molar-refractivity contribution < 1.29 is 79.2 Å². The molecule has 19 rings (SSSR count). The van der Waals surface area contributed by atoms with Gasteiger partial charge in [-0.3, -0.25) is 4.55 Å². The van der Waals surface area contributed by atoms with Gasteiger partial charge in [0.25, 0.3) is 10.1 Å². The molecular weight excluding hydrogens is 1610 g/mol. The van der Waals surface area contributed by atoms with Gasteiger partial charge in [-0.05, 0) is 242 Å². The van der Waals surface area contributed by atoms with Gasteiger partial charge in [0.1, 0.15) is 23.0 Å². The second kappa shape index (κ2) is 39.2. The van der Waals surface area contributed by atoms with E-state index in [1.54, 1.807) is 12.1 Å². The van der Waals surface area contributed by atoms with Gasteiger partial charge in [-0.25, -0.2) is 9.69 Å². The molecule has 3 aromatic heterocycles. The van der Waals surface area contributed by atoms with Crippen LogP contribution in [0.1, 0.15) is 303 Å². The van der Waals surface area contributed by atoms with Crippen LogP contribution in [0.25, 0.3) is 15.3 Å². The Labute approximate surface area is 784 Å². The summed E-state index contributed by atoms with van der Waals surface area (Å²) in [7, 11) is -3.27. The molecule has 6 aromatic carbocycles. The zero-order valence-corrected chi connectivity index (χ0v) is 80.1. The first-order valence-electron chi connectivity index (χ1n) is 46.1. The molecule has 0 saturated heterocycles. The molecular formula is C110H142N5NaO10S. The molecule has 15 nitrogen and oxygen atoms in total. The molecule has 3 heterocycles. The number of ketones is 1. The predicted octanol–water partition coefficient (Wildman–Crippen LogP) is 23.7. The number of benzene rings is 6. The Morgan fingerprint density at radius 2 is 0.858 bits per heavy atom. The molecule has 10 aliphatic rings. The van der Waals surface area contributed by atoms with E-state index in [0.29, 0.717) is 69.9 Å². The molecule has 10 aliphatic carbocycles. The Hall–Kier alpha value is -8.55. The maximum Gasteiger partial charge on any atom is 1.00 e. The van der Waals surface area contributed by atoms with Crippen LogP contribution >= 0.6 is 0 Å². The molecule has 0 amide bonds. The maximum atomic E-state index is 12.5. The van der Waals surface area contributed by atoms with Crippen LogP contribution in [0.15, 0.2) is 242 Å². The van der Waals surface area contributed by atoms with Crippen LogP contribution in [-0.2, 0) is 56.0 Å². The Bertz CT molecular complexity index is 5540. The molecule has 2 unspecified atom stereocenters. The predicted molar refractivity (Wildman–Crippen MR) is 505 cm³/mol. The summed E-state index contributed by atoms with van der Waals surface area (Å²) >= 11 is 0. The summed E-state index contributed by atoms with van der Waals surface area (Å²) < 4.78 is 56.4. The van der Waals surface area contributed by atoms with Gasteiger partial charge in [0, 0.05) is 46.7 Å². The van der Waals surface area contributed by atoms with E-state index in [2.05, 4.69) is 255 Å². The normalized spacial score (nSPS) is 30.0. The van der Waals surface area contributed by atoms with Crippen LogP contribution in [-0.4, -0.2) is 51.5 Å². The van der Waals surface area contributed by atoms with Crippen LogP contribution in [0.3, 0.4) is 0 Å². The summed E-state index contributed by atoms with van der Waals surface area (Å²) in [6, 6.07) is 59.4. The molecule has 3 N–H and O–H groups in total. The largest absolute Gasteiger partial charge is 1.00 e. The van der Waals surface area contributed by atoms with E-state index >= 15 is 0 Å². The summed E-state index contributed by atoms with van der Waals surface area (Å²) in [5.41, 5.74) is 13.3. The average molecular weight is 1750 g/mol. The van der Waals surface area contributed by atoms with Crippen LogP contribution in [0.5, 0.6) is 0 Å². The van der Waals surface area contributed by atoms with E-state index in [1.807, 2.05) is 63.6 Å². The minimum Gasteiger partial charge on any atom is -0.857 e.